The molecule has 9 nitrogen and oxygen atoms in total. The van der Waals surface area contributed by atoms with Crippen LogP contribution in [0.4, 0.5) is 4.79 Å². The van der Waals surface area contributed by atoms with E-state index in [4.69, 9.17) is 21.1 Å². The summed E-state index contributed by atoms with van der Waals surface area (Å²) in [6.45, 7) is 7.91. The van der Waals surface area contributed by atoms with Crippen LogP contribution < -0.4 is 16.0 Å². The maximum absolute atomic E-state index is 13.1. The average molecular weight is 600 g/mol. The second-order valence-corrected chi connectivity index (χ2v) is 11.8. The lowest BCUT2D eigenvalue weighted by atomic mass is 9.81. The number of methoxy groups -OCH3 is 1. The number of alkyl carbamates (subject to hydrolysis) is 1. The number of halogens is 1. The van der Waals surface area contributed by atoms with Crippen LogP contribution in [0.1, 0.15) is 69.3 Å². The van der Waals surface area contributed by atoms with Gasteiger partial charge in [0.2, 0.25) is 5.91 Å². The lowest BCUT2D eigenvalue weighted by Crippen LogP contribution is -2.46. The van der Waals surface area contributed by atoms with Gasteiger partial charge in [0, 0.05) is 41.1 Å². The first-order chi connectivity index (χ1) is 20.0. The molecule has 0 radical (unpaired) electrons. The predicted octanol–water partition coefficient (Wildman–Crippen LogP) is 5.29. The molecule has 1 saturated carbocycles. The highest BCUT2D eigenvalue weighted by Crippen LogP contribution is 2.30. The van der Waals surface area contributed by atoms with Crippen LogP contribution in [0.3, 0.4) is 0 Å². The van der Waals surface area contributed by atoms with Gasteiger partial charge in [-0.3, -0.25) is 9.59 Å². The van der Waals surface area contributed by atoms with Crippen molar-refractivity contribution >= 4 is 35.5 Å². The van der Waals surface area contributed by atoms with E-state index in [9.17, 15) is 19.2 Å². The third-order valence-corrected chi connectivity index (χ3v) is 7.57. The standard InChI is InChI=1S/C32H42ClN3O6/c1-19(2)35-30(38)25-14-15-26(27(33)17-25)23-10-6-21(7-11-23)16-28(31(39)41-5)36-29(37)24-12-8-22(9-13-24)18-34-32(40)42-20(3)4/h6-7,10-11,14-15,17,19-20,22,24,28H,8-9,12-13,16,18H2,1-5H3,(H,34,40)(H,35,38)(H,36,37)/t22?,24?,28-/m0/s1. The Morgan fingerprint density at radius 1 is 0.929 bits per heavy atom. The van der Waals surface area contributed by atoms with Gasteiger partial charge in [-0.25, -0.2) is 9.59 Å². The van der Waals surface area contributed by atoms with Crippen LogP contribution in [0, 0.1) is 11.8 Å². The van der Waals surface area contributed by atoms with E-state index in [1.54, 1.807) is 26.0 Å². The molecule has 2 aromatic rings. The summed E-state index contributed by atoms with van der Waals surface area (Å²) in [6.07, 6.45) is 2.64. The van der Waals surface area contributed by atoms with Crippen LogP contribution in [-0.2, 0) is 25.5 Å². The van der Waals surface area contributed by atoms with Crippen molar-refractivity contribution in [3.8, 4) is 11.1 Å². The molecular formula is C32H42ClN3O6. The molecule has 3 rings (SSSR count). The molecule has 42 heavy (non-hydrogen) atoms. The van der Waals surface area contributed by atoms with Crippen molar-refractivity contribution in [2.75, 3.05) is 13.7 Å². The smallest absolute Gasteiger partial charge is 0.407 e. The van der Waals surface area contributed by atoms with Crippen molar-refractivity contribution in [3.05, 3.63) is 58.6 Å². The van der Waals surface area contributed by atoms with Crippen molar-refractivity contribution < 1.29 is 28.7 Å². The summed E-state index contributed by atoms with van der Waals surface area (Å²) in [7, 11) is 1.31. The SMILES string of the molecule is COC(=O)[C@H](Cc1ccc(-c2ccc(C(=O)NC(C)C)cc2Cl)cc1)NC(=O)C1CCC(CNC(=O)OC(C)C)CC1. The molecule has 228 valence electrons. The normalized spacial score (nSPS) is 17.3. The van der Waals surface area contributed by atoms with Crippen molar-refractivity contribution in [3.63, 3.8) is 0 Å². The minimum atomic E-state index is -0.819. The van der Waals surface area contributed by atoms with Crippen LogP contribution in [0.25, 0.3) is 11.1 Å². The highest BCUT2D eigenvalue weighted by Gasteiger charge is 2.30. The Labute approximate surface area is 253 Å². The zero-order chi connectivity index (χ0) is 30.8. The lowest BCUT2D eigenvalue weighted by molar-refractivity contribution is -0.145. The fourth-order valence-corrected chi connectivity index (χ4v) is 5.32. The van der Waals surface area contributed by atoms with Crippen LogP contribution in [0.2, 0.25) is 5.02 Å². The summed E-state index contributed by atoms with van der Waals surface area (Å²) in [5.74, 6) is -0.775. The molecule has 3 N–H and O–H groups in total. The Morgan fingerprint density at radius 3 is 2.17 bits per heavy atom. The van der Waals surface area contributed by atoms with Gasteiger partial charge < -0.3 is 25.4 Å². The van der Waals surface area contributed by atoms with Crippen molar-refractivity contribution in [1.82, 2.24) is 16.0 Å². The molecular weight excluding hydrogens is 558 g/mol. The molecule has 1 aliphatic rings. The van der Waals surface area contributed by atoms with E-state index >= 15 is 0 Å². The quantitative estimate of drug-likeness (QED) is 0.302. The molecule has 10 heteroatoms. The summed E-state index contributed by atoms with van der Waals surface area (Å²) in [5, 5.41) is 9.00. The molecule has 0 unspecified atom stereocenters. The maximum Gasteiger partial charge on any atom is 0.407 e. The van der Waals surface area contributed by atoms with Gasteiger partial charge in [-0.1, -0.05) is 41.9 Å². The first-order valence-electron chi connectivity index (χ1n) is 14.5. The van der Waals surface area contributed by atoms with Crippen molar-refractivity contribution in [2.45, 2.75) is 78.0 Å². The fraction of sp³-hybridized carbons (Fsp3) is 0.500. The molecule has 0 aliphatic heterocycles. The molecule has 0 bridgehead atoms. The average Bonchev–Trinajstić information content (AvgIpc) is 2.95. The summed E-state index contributed by atoms with van der Waals surface area (Å²) in [5.41, 5.74) is 2.98. The van der Waals surface area contributed by atoms with E-state index in [2.05, 4.69) is 16.0 Å². The first kappa shape index (κ1) is 32.9. The van der Waals surface area contributed by atoms with Crippen LogP contribution in [-0.4, -0.2) is 55.7 Å². The third-order valence-electron chi connectivity index (χ3n) is 7.25. The van der Waals surface area contributed by atoms with Crippen molar-refractivity contribution in [1.29, 1.82) is 0 Å². The number of amides is 3. The zero-order valence-electron chi connectivity index (χ0n) is 25.0. The summed E-state index contributed by atoms with van der Waals surface area (Å²) < 4.78 is 10.1. The van der Waals surface area contributed by atoms with E-state index in [0.717, 1.165) is 29.5 Å². The fourth-order valence-electron chi connectivity index (χ4n) is 5.03. The second kappa shape index (κ2) is 15.6. The number of rotatable bonds is 11. The summed E-state index contributed by atoms with van der Waals surface area (Å²) >= 11 is 6.51. The van der Waals surface area contributed by atoms with E-state index < -0.39 is 18.1 Å². The first-order valence-corrected chi connectivity index (χ1v) is 14.9. The number of esters is 1. The van der Waals surface area contributed by atoms with Gasteiger partial charge in [-0.15, -0.1) is 0 Å². The Kier molecular flexibility index (Phi) is 12.2. The summed E-state index contributed by atoms with van der Waals surface area (Å²) in [4.78, 5) is 49.7. The third kappa shape index (κ3) is 9.76. The van der Waals surface area contributed by atoms with E-state index in [1.165, 1.54) is 7.11 Å². The number of hydrogen-bond donors (Lipinski definition) is 3. The van der Waals surface area contributed by atoms with E-state index in [-0.39, 0.29) is 42.2 Å². The number of benzene rings is 2. The number of carbonyl (C=O) groups excluding carboxylic acids is 4. The predicted molar refractivity (Wildman–Crippen MR) is 162 cm³/mol. The number of ether oxygens (including phenoxy) is 2. The Hall–Kier alpha value is -3.59. The topological polar surface area (TPSA) is 123 Å². The van der Waals surface area contributed by atoms with Gasteiger partial charge in [-0.2, -0.15) is 0 Å². The largest absolute Gasteiger partial charge is 0.467 e. The van der Waals surface area contributed by atoms with E-state index in [0.29, 0.717) is 30.0 Å². The van der Waals surface area contributed by atoms with E-state index in [1.807, 2.05) is 44.2 Å². The van der Waals surface area contributed by atoms with Gasteiger partial charge in [-0.05, 0) is 82.6 Å². The van der Waals surface area contributed by atoms with Gasteiger partial charge in [0.1, 0.15) is 6.04 Å². The van der Waals surface area contributed by atoms with Gasteiger partial charge >= 0.3 is 12.1 Å². The second-order valence-electron chi connectivity index (χ2n) is 11.4. The number of nitrogens with one attached hydrogen (secondary N) is 3. The van der Waals surface area contributed by atoms with Gasteiger partial charge in [0.05, 0.1) is 13.2 Å². The van der Waals surface area contributed by atoms with Crippen LogP contribution in [0.5, 0.6) is 0 Å². The Balaban J connectivity index is 1.57. The highest BCUT2D eigenvalue weighted by molar-refractivity contribution is 6.33. The highest BCUT2D eigenvalue weighted by atomic mass is 35.5. The molecule has 3 amide bonds. The monoisotopic (exact) mass is 599 g/mol. The lowest BCUT2D eigenvalue weighted by Gasteiger charge is -2.29. The molecule has 2 aromatic carbocycles. The van der Waals surface area contributed by atoms with Gasteiger partial charge in [0.25, 0.3) is 5.91 Å². The van der Waals surface area contributed by atoms with Crippen molar-refractivity contribution in [2.24, 2.45) is 11.8 Å². The van der Waals surface area contributed by atoms with Gasteiger partial charge in [0.15, 0.2) is 0 Å². The molecule has 1 aliphatic carbocycles. The minimum Gasteiger partial charge on any atom is -0.467 e. The molecule has 0 aromatic heterocycles. The molecule has 1 atom stereocenters. The Bertz CT molecular complexity index is 1240. The molecule has 0 spiro atoms. The molecule has 0 heterocycles. The zero-order valence-corrected chi connectivity index (χ0v) is 25.8. The maximum atomic E-state index is 13.1. The minimum absolute atomic E-state index is 0.0212. The molecule has 1 fully saturated rings. The van der Waals surface area contributed by atoms with Crippen LogP contribution in [0.15, 0.2) is 42.5 Å². The van der Waals surface area contributed by atoms with Crippen LogP contribution >= 0.6 is 11.6 Å². The Morgan fingerprint density at radius 2 is 1.60 bits per heavy atom. The molecule has 0 saturated heterocycles. The number of hydrogen-bond acceptors (Lipinski definition) is 6. The number of carbonyl (C=O) groups is 4. The summed E-state index contributed by atoms with van der Waals surface area (Å²) in [6, 6.07) is 12.0.